The van der Waals surface area contributed by atoms with Crippen molar-refractivity contribution in [3.05, 3.63) is 29.8 Å². The third kappa shape index (κ3) is 3.53. The summed E-state index contributed by atoms with van der Waals surface area (Å²) >= 11 is 0. The van der Waals surface area contributed by atoms with Crippen molar-refractivity contribution in [2.75, 3.05) is 0 Å². The number of phenols is 1. The van der Waals surface area contributed by atoms with Crippen molar-refractivity contribution in [2.45, 2.75) is 52.1 Å². The van der Waals surface area contributed by atoms with Crippen LogP contribution in [0, 0.1) is 0 Å². The van der Waals surface area contributed by atoms with Crippen LogP contribution in [0.25, 0.3) is 0 Å². The molecular weight excluding hydrogens is 198 g/mol. The monoisotopic (exact) mass is 221 g/mol. The van der Waals surface area contributed by atoms with Crippen LogP contribution in [0.3, 0.4) is 0 Å². The fraction of sp³-hybridized carbons (Fsp3) is 0.571. The van der Waals surface area contributed by atoms with Crippen molar-refractivity contribution in [3.8, 4) is 5.75 Å². The molecule has 0 amide bonds. The first-order valence-electron chi connectivity index (χ1n) is 6.26. The van der Waals surface area contributed by atoms with E-state index in [2.05, 4.69) is 26.1 Å². The maximum Gasteiger partial charge on any atom is 0.115 e. The smallest absolute Gasteiger partial charge is 0.115 e. The average molecular weight is 221 g/mol. The molecule has 0 aromatic heterocycles. The third-order valence-corrected chi connectivity index (χ3v) is 3.13. The van der Waals surface area contributed by atoms with E-state index >= 15 is 0 Å². The van der Waals surface area contributed by atoms with Crippen molar-refractivity contribution in [2.24, 2.45) is 0 Å². The molecular formula is C14H23NO. The van der Waals surface area contributed by atoms with Gasteiger partial charge in [-0.1, -0.05) is 32.9 Å². The van der Waals surface area contributed by atoms with Gasteiger partial charge in [0.15, 0.2) is 0 Å². The van der Waals surface area contributed by atoms with E-state index in [1.165, 1.54) is 5.56 Å². The maximum atomic E-state index is 9.26. The van der Waals surface area contributed by atoms with Crippen LogP contribution in [-0.2, 0) is 0 Å². The molecule has 0 spiro atoms. The van der Waals surface area contributed by atoms with Crippen LogP contribution < -0.4 is 5.32 Å². The molecule has 1 unspecified atom stereocenters. The summed E-state index contributed by atoms with van der Waals surface area (Å²) in [6, 6.07) is 8.49. The van der Waals surface area contributed by atoms with Crippen LogP contribution in [0.4, 0.5) is 0 Å². The first-order valence-corrected chi connectivity index (χ1v) is 6.26. The van der Waals surface area contributed by atoms with Crippen LogP contribution in [0.2, 0.25) is 0 Å². The minimum absolute atomic E-state index is 0.334. The highest BCUT2D eigenvalue weighted by Gasteiger charge is 2.12. The second-order valence-corrected chi connectivity index (χ2v) is 4.23. The minimum atomic E-state index is 0.334. The molecule has 2 heteroatoms. The van der Waals surface area contributed by atoms with Crippen LogP contribution in [0.15, 0.2) is 24.3 Å². The second kappa shape index (κ2) is 6.54. The van der Waals surface area contributed by atoms with Gasteiger partial charge in [-0.25, -0.2) is 0 Å². The highest BCUT2D eigenvalue weighted by atomic mass is 16.3. The van der Waals surface area contributed by atoms with Crippen LogP contribution in [0.5, 0.6) is 5.75 Å². The molecule has 0 aliphatic heterocycles. The molecule has 0 radical (unpaired) electrons. The van der Waals surface area contributed by atoms with E-state index in [4.69, 9.17) is 0 Å². The molecule has 1 rings (SSSR count). The Bertz CT molecular complexity index is 290. The van der Waals surface area contributed by atoms with Crippen molar-refractivity contribution >= 4 is 0 Å². The Morgan fingerprint density at radius 1 is 1.00 bits per heavy atom. The molecule has 0 saturated heterocycles. The van der Waals surface area contributed by atoms with Crippen molar-refractivity contribution in [1.29, 1.82) is 0 Å². The fourth-order valence-corrected chi connectivity index (χ4v) is 1.97. The number of rotatable bonds is 6. The van der Waals surface area contributed by atoms with Gasteiger partial charge >= 0.3 is 0 Å². The number of nitrogens with one attached hydrogen (secondary N) is 1. The van der Waals surface area contributed by atoms with Gasteiger partial charge in [0.05, 0.1) is 0 Å². The van der Waals surface area contributed by atoms with Crippen LogP contribution >= 0.6 is 0 Å². The second-order valence-electron chi connectivity index (χ2n) is 4.23. The number of aromatic hydroxyl groups is 1. The molecule has 0 heterocycles. The Hall–Kier alpha value is -1.02. The maximum absolute atomic E-state index is 9.26. The molecule has 0 aliphatic carbocycles. The first kappa shape index (κ1) is 13.0. The van der Waals surface area contributed by atoms with E-state index in [1.807, 2.05) is 12.1 Å². The molecule has 1 atom stereocenters. The summed E-state index contributed by atoms with van der Waals surface area (Å²) in [6.45, 7) is 6.61. The minimum Gasteiger partial charge on any atom is -0.508 e. The van der Waals surface area contributed by atoms with Gasteiger partial charge in [-0.3, -0.25) is 0 Å². The lowest BCUT2D eigenvalue weighted by Gasteiger charge is -2.23. The molecule has 0 bridgehead atoms. The van der Waals surface area contributed by atoms with E-state index in [0.717, 1.165) is 19.3 Å². The molecule has 0 aliphatic rings. The zero-order chi connectivity index (χ0) is 12.0. The Balaban J connectivity index is 2.70. The molecule has 2 N–H and O–H groups in total. The summed E-state index contributed by atoms with van der Waals surface area (Å²) in [4.78, 5) is 0. The summed E-state index contributed by atoms with van der Waals surface area (Å²) in [5.74, 6) is 0.334. The molecule has 2 nitrogen and oxygen atoms in total. The SMILES string of the molecule is CCC(CC)NC(CC)c1ccc(O)cc1. The summed E-state index contributed by atoms with van der Waals surface area (Å²) in [7, 11) is 0. The van der Waals surface area contributed by atoms with Crippen molar-refractivity contribution in [1.82, 2.24) is 5.32 Å². The van der Waals surface area contributed by atoms with E-state index in [1.54, 1.807) is 12.1 Å². The molecule has 0 fully saturated rings. The molecule has 1 aromatic carbocycles. The number of hydrogen-bond acceptors (Lipinski definition) is 2. The Morgan fingerprint density at radius 3 is 2.00 bits per heavy atom. The molecule has 90 valence electrons. The van der Waals surface area contributed by atoms with Gasteiger partial charge in [-0.05, 0) is 37.0 Å². The summed E-state index contributed by atoms with van der Waals surface area (Å²) in [5, 5.41) is 12.9. The summed E-state index contributed by atoms with van der Waals surface area (Å²) in [6.07, 6.45) is 3.39. The lowest BCUT2D eigenvalue weighted by atomic mass is 10.0. The van der Waals surface area contributed by atoms with Gasteiger partial charge in [-0.2, -0.15) is 0 Å². The molecule has 0 saturated carbocycles. The van der Waals surface area contributed by atoms with E-state index in [0.29, 0.717) is 17.8 Å². The number of phenolic OH excluding ortho intramolecular Hbond substituents is 1. The molecule has 1 aromatic rings. The number of hydrogen-bond donors (Lipinski definition) is 2. The summed E-state index contributed by atoms with van der Waals surface area (Å²) < 4.78 is 0. The fourth-order valence-electron chi connectivity index (χ4n) is 1.97. The topological polar surface area (TPSA) is 32.3 Å². The van der Waals surface area contributed by atoms with Crippen molar-refractivity contribution in [3.63, 3.8) is 0 Å². The van der Waals surface area contributed by atoms with E-state index < -0.39 is 0 Å². The van der Waals surface area contributed by atoms with Gasteiger partial charge in [0.2, 0.25) is 0 Å². The zero-order valence-electron chi connectivity index (χ0n) is 10.5. The largest absolute Gasteiger partial charge is 0.508 e. The van der Waals surface area contributed by atoms with Gasteiger partial charge in [-0.15, -0.1) is 0 Å². The lowest BCUT2D eigenvalue weighted by Crippen LogP contribution is -2.31. The van der Waals surface area contributed by atoms with Crippen molar-refractivity contribution < 1.29 is 5.11 Å². The quantitative estimate of drug-likeness (QED) is 0.769. The highest BCUT2D eigenvalue weighted by molar-refractivity contribution is 5.28. The predicted octanol–water partition coefficient (Wildman–Crippen LogP) is 3.62. The molecule has 16 heavy (non-hydrogen) atoms. The van der Waals surface area contributed by atoms with Gasteiger partial charge in [0.25, 0.3) is 0 Å². The Morgan fingerprint density at radius 2 is 1.56 bits per heavy atom. The van der Waals surface area contributed by atoms with Crippen LogP contribution in [0.1, 0.15) is 51.6 Å². The summed E-state index contributed by atoms with van der Waals surface area (Å²) in [5.41, 5.74) is 1.26. The van der Waals surface area contributed by atoms with Gasteiger partial charge in [0, 0.05) is 12.1 Å². The average Bonchev–Trinajstić information content (AvgIpc) is 2.32. The first-order chi connectivity index (χ1) is 7.71. The van der Waals surface area contributed by atoms with Gasteiger partial charge < -0.3 is 10.4 Å². The van der Waals surface area contributed by atoms with Crippen LogP contribution in [-0.4, -0.2) is 11.1 Å². The predicted molar refractivity (Wildman–Crippen MR) is 68.6 cm³/mol. The standard InChI is InChI=1S/C14H23NO/c1-4-12(5-2)15-14(6-3)11-7-9-13(16)10-8-11/h7-10,12,14-16H,4-6H2,1-3H3. The lowest BCUT2D eigenvalue weighted by molar-refractivity contribution is 0.406. The number of benzene rings is 1. The third-order valence-electron chi connectivity index (χ3n) is 3.13. The Kier molecular flexibility index (Phi) is 5.33. The normalized spacial score (nSPS) is 13.0. The highest BCUT2D eigenvalue weighted by Crippen LogP contribution is 2.20. The van der Waals surface area contributed by atoms with E-state index in [-0.39, 0.29) is 0 Å². The zero-order valence-corrected chi connectivity index (χ0v) is 10.5. The Labute approximate surface area is 98.7 Å². The van der Waals surface area contributed by atoms with E-state index in [9.17, 15) is 5.11 Å². The van der Waals surface area contributed by atoms with Gasteiger partial charge in [0.1, 0.15) is 5.75 Å².